The molecule has 1 heterocycles. The normalized spacial score (nSPS) is 14.4. The first-order valence-electron chi connectivity index (χ1n) is 9.02. The minimum Gasteiger partial charge on any atom is -0.457 e. The van der Waals surface area contributed by atoms with Gasteiger partial charge in [-0.15, -0.1) is 0 Å². The number of hydrogen-bond acceptors (Lipinski definition) is 5. The van der Waals surface area contributed by atoms with Crippen molar-refractivity contribution < 1.29 is 19.2 Å². The van der Waals surface area contributed by atoms with Crippen LogP contribution in [0, 0.1) is 16.0 Å². The topological polar surface area (TPSA) is 102 Å². The van der Waals surface area contributed by atoms with Gasteiger partial charge in [0.25, 0.3) is 11.6 Å². The summed E-state index contributed by atoms with van der Waals surface area (Å²) in [4.78, 5) is 37.1. The second kappa shape index (κ2) is 8.51. The van der Waals surface area contributed by atoms with Crippen LogP contribution in [0.4, 0.5) is 5.69 Å². The standard InChI is InChI=1S/C20H21N3O5/c1-21-19(24)14-9-11-22(12-10-14)20(25)17-13-15(23(26)27)7-8-18(17)28-16-5-3-2-4-6-16/h2-8,13-14H,9-12H2,1H3,(H,21,24). The number of rotatable bonds is 5. The van der Waals surface area contributed by atoms with Crippen molar-refractivity contribution in [2.24, 2.45) is 5.92 Å². The molecular weight excluding hydrogens is 362 g/mol. The van der Waals surface area contributed by atoms with Gasteiger partial charge in [0.15, 0.2) is 0 Å². The molecule has 2 amide bonds. The summed E-state index contributed by atoms with van der Waals surface area (Å²) in [5.41, 5.74) is -0.0412. The number of nitro benzene ring substituents is 1. The van der Waals surface area contributed by atoms with E-state index in [9.17, 15) is 19.7 Å². The molecule has 0 unspecified atom stereocenters. The largest absolute Gasteiger partial charge is 0.457 e. The number of likely N-dealkylation sites (tertiary alicyclic amines) is 1. The van der Waals surface area contributed by atoms with Crippen LogP contribution in [0.1, 0.15) is 23.2 Å². The van der Waals surface area contributed by atoms with Gasteiger partial charge >= 0.3 is 0 Å². The van der Waals surface area contributed by atoms with Gasteiger partial charge in [0.2, 0.25) is 5.91 Å². The van der Waals surface area contributed by atoms with Crippen molar-refractivity contribution in [3.8, 4) is 11.5 Å². The van der Waals surface area contributed by atoms with Crippen LogP contribution in [0.5, 0.6) is 11.5 Å². The van der Waals surface area contributed by atoms with Crippen LogP contribution in [-0.4, -0.2) is 41.8 Å². The molecule has 1 saturated heterocycles. The Bertz CT molecular complexity index is 877. The summed E-state index contributed by atoms with van der Waals surface area (Å²) in [6, 6.07) is 12.9. The van der Waals surface area contributed by atoms with Gasteiger partial charge < -0.3 is 15.0 Å². The maximum absolute atomic E-state index is 13.1. The van der Waals surface area contributed by atoms with Gasteiger partial charge in [0.1, 0.15) is 11.5 Å². The van der Waals surface area contributed by atoms with Crippen LogP contribution >= 0.6 is 0 Å². The first kappa shape index (κ1) is 19.3. The predicted octanol–water partition coefficient (Wildman–Crippen LogP) is 2.99. The van der Waals surface area contributed by atoms with Crippen molar-refractivity contribution in [1.29, 1.82) is 0 Å². The van der Waals surface area contributed by atoms with Crippen molar-refractivity contribution in [3.05, 3.63) is 64.2 Å². The molecule has 2 aromatic carbocycles. The molecule has 1 fully saturated rings. The number of hydrogen-bond donors (Lipinski definition) is 1. The second-order valence-corrected chi connectivity index (χ2v) is 6.53. The Balaban J connectivity index is 1.84. The van der Waals surface area contributed by atoms with Crippen LogP contribution < -0.4 is 10.1 Å². The number of nitrogens with one attached hydrogen (secondary N) is 1. The lowest BCUT2D eigenvalue weighted by Crippen LogP contribution is -2.42. The summed E-state index contributed by atoms with van der Waals surface area (Å²) in [5.74, 6) is 0.290. The maximum Gasteiger partial charge on any atom is 0.270 e. The third kappa shape index (κ3) is 4.28. The highest BCUT2D eigenvalue weighted by molar-refractivity contribution is 5.98. The number of piperidine rings is 1. The van der Waals surface area contributed by atoms with E-state index in [0.29, 0.717) is 31.7 Å². The van der Waals surface area contributed by atoms with Gasteiger partial charge in [-0.3, -0.25) is 19.7 Å². The minimum absolute atomic E-state index is 0.0319. The smallest absolute Gasteiger partial charge is 0.270 e. The molecule has 0 spiro atoms. The Morgan fingerprint density at radius 2 is 1.82 bits per heavy atom. The lowest BCUT2D eigenvalue weighted by Gasteiger charge is -2.31. The van der Waals surface area contributed by atoms with Gasteiger partial charge in [0.05, 0.1) is 10.5 Å². The Morgan fingerprint density at radius 3 is 2.43 bits per heavy atom. The van der Waals surface area contributed by atoms with Crippen LogP contribution in [-0.2, 0) is 4.79 Å². The van der Waals surface area contributed by atoms with E-state index in [0.717, 1.165) is 0 Å². The van der Waals surface area contributed by atoms with E-state index in [1.165, 1.54) is 18.2 Å². The maximum atomic E-state index is 13.1. The fourth-order valence-corrected chi connectivity index (χ4v) is 3.22. The quantitative estimate of drug-likeness (QED) is 0.632. The molecule has 1 aliphatic rings. The molecule has 146 valence electrons. The lowest BCUT2D eigenvalue weighted by molar-refractivity contribution is -0.384. The number of amides is 2. The number of carbonyl (C=O) groups excluding carboxylic acids is 2. The monoisotopic (exact) mass is 383 g/mol. The summed E-state index contributed by atoms with van der Waals surface area (Å²) in [5, 5.41) is 13.8. The van der Waals surface area contributed by atoms with Crippen molar-refractivity contribution in [1.82, 2.24) is 10.2 Å². The van der Waals surface area contributed by atoms with Crippen molar-refractivity contribution >= 4 is 17.5 Å². The van der Waals surface area contributed by atoms with E-state index in [1.54, 1.807) is 36.2 Å². The zero-order chi connectivity index (χ0) is 20.1. The molecule has 3 rings (SSSR count). The van der Waals surface area contributed by atoms with Gasteiger partial charge in [-0.2, -0.15) is 0 Å². The Morgan fingerprint density at radius 1 is 1.14 bits per heavy atom. The third-order valence-corrected chi connectivity index (χ3v) is 4.77. The first-order chi connectivity index (χ1) is 13.5. The molecule has 0 radical (unpaired) electrons. The van der Waals surface area contributed by atoms with Crippen LogP contribution in [0.25, 0.3) is 0 Å². The number of non-ortho nitro benzene ring substituents is 1. The zero-order valence-electron chi connectivity index (χ0n) is 15.5. The predicted molar refractivity (Wildman–Crippen MR) is 102 cm³/mol. The first-order valence-corrected chi connectivity index (χ1v) is 9.02. The van der Waals surface area contributed by atoms with Gasteiger partial charge in [-0.25, -0.2) is 0 Å². The number of para-hydroxylation sites is 1. The number of carbonyl (C=O) groups is 2. The summed E-state index contributed by atoms with van der Waals surface area (Å²) in [6.45, 7) is 0.814. The van der Waals surface area contributed by atoms with Crippen molar-refractivity contribution in [2.45, 2.75) is 12.8 Å². The van der Waals surface area contributed by atoms with E-state index < -0.39 is 4.92 Å². The Labute approximate surface area is 162 Å². The van der Waals surface area contributed by atoms with Crippen molar-refractivity contribution in [3.63, 3.8) is 0 Å². The summed E-state index contributed by atoms with van der Waals surface area (Å²) < 4.78 is 5.80. The summed E-state index contributed by atoms with van der Waals surface area (Å²) in [7, 11) is 1.59. The van der Waals surface area contributed by atoms with Gasteiger partial charge in [-0.1, -0.05) is 18.2 Å². The molecule has 8 heteroatoms. The van der Waals surface area contributed by atoms with Gasteiger partial charge in [0, 0.05) is 38.2 Å². The number of nitro groups is 1. The molecule has 1 aliphatic heterocycles. The third-order valence-electron chi connectivity index (χ3n) is 4.77. The molecule has 1 N–H and O–H groups in total. The molecule has 0 atom stereocenters. The molecular formula is C20H21N3O5. The average molecular weight is 383 g/mol. The SMILES string of the molecule is CNC(=O)C1CCN(C(=O)c2cc([N+](=O)[O-])ccc2Oc2ccccc2)CC1. The number of ether oxygens (including phenoxy) is 1. The lowest BCUT2D eigenvalue weighted by atomic mass is 9.95. The molecule has 0 bridgehead atoms. The van der Waals surface area contributed by atoms with Crippen LogP contribution in [0.2, 0.25) is 0 Å². The van der Waals surface area contributed by atoms with Crippen LogP contribution in [0.3, 0.4) is 0 Å². The highest BCUT2D eigenvalue weighted by atomic mass is 16.6. The number of benzene rings is 2. The van der Waals surface area contributed by atoms with Crippen LogP contribution in [0.15, 0.2) is 48.5 Å². The molecule has 0 saturated carbocycles. The minimum atomic E-state index is -0.541. The highest BCUT2D eigenvalue weighted by Crippen LogP contribution is 2.31. The van der Waals surface area contributed by atoms with E-state index in [-0.39, 0.29) is 34.7 Å². The fourth-order valence-electron chi connectivity index (χ4n) is 3.22. The summed E-state index contributed by atoms with van der Waals surface area (Å²) >= 11 is 0. The Hall–Kier alpha value is -3.42. The second-order valence-electron chi connectivity index (χ2n) is 6.53. The number of nitrogens with zero attached hydrogens (tertiary/aromatic N) is 2. The highest BCUT2D eigenvalue weighted by Gasteiger charge is 2.29. The molecule has 0 aliphatic carbocycles. The van der Waals surface area contributed by atoms with E-state index in [2.05, 4.69) is 5.32 Å². The fraction of sp³-hybridized carbons (Fsp3) is 0.300. The van der Waals surface area contributed by atoms with Crippen molar-refractivity contribution in [2.75, 3.05) is 20.1 Å². The zero-order valence-corrected chi connectivity index (χ0v) is 15.5. The molecule has 0 aromatic heterocycles. The molecule has 28 heavy (non-hydrogen) atoms. The molecule has 8 nitrogen and oxygen atoms in total. The van der Waals surface area contributed by atoms with E-state index in [4.69, 9.17) is 4.74 Å². The summed E-state index contributed by atoms with van der Waals surface area (Å²) in [6.07, 6.45) is 1.10. The van der Waals surface area contributed by atoms with E-state index in [1.807, 2.05) is 6.07 Å². The molecule has 2 aromatic rings. The average Bonchev–Trinajstić information content (AvgIpc) is 2.73. The van der Waals surface area contributed by atoms with E-state index >= 15 is 0 Å². The Kier molecular flexibility index (Phi) is 5.88. The van der Waals surface area contributed by atoms with Gasteiger partial charge in [-0.05, 0) is 31.0 Å².